The zero-order valence-electron chi connectivity index (χ0n) is 14.4. The van der Waals surface area contributed by atoms with Crippen molar-refractivity contribution in [3.05, 3.63) is 58.8 Å². The van der Waals surface area contributed by atoms with Crippen molar-refractivity contribution in [2.45, 2.75) is 19.3 Å². The van der Waals surface area contributed by atoms with E-state index in [0.717, 1.165) is 40.7 Å². The van der Waals surface area contributed by atoms with Gasteiger partial charge in [0.2, 0.25) is 5.91 Å². The summed E-state index contributed by atoms with van der Waals surface area (Å²) in [6.07, 6.45) is 2.86. The number of carbonyl (C=O) groups is 1. The molecule has 26 heavy (non-hydrogen) atoms. The van der Waals surface area contributed by atoms with Gasteiger partial charge < -0.3 is 10.2 Å². The predicted octanol–water partition coefficient (Wildman–Crippen LogP) is 3.99. The first-order valence-electron chi connectivity index (χ1n) is 8.79. The largest absolute Gasteiger partial charge is 0.355 e. The summed E-state index contributed by atoms with van der Waals surface area (Å²) in [6.45, 7) is 2.13. The Morgan fingerprint density at radius 1 is 1.04 bits per heavy atom. The maximum absolute atomic E-state index is 12.1. The van der Waals surface area contributed by atoms with E-state index in [1.54, 1.807) is 11.3 Å². The van der Waals surface area contributed by atoms with Gasteiger partial charge >= 0.3 is 0 Å². The average Bonchev–Trinajstić information content (AvgIpc) is 3.36. The van der Waals surface area contributed by atoms with E-state index in [0.29, 0.717) is 6.42 Å². The molecule has 1 fully saturated rings. The molecule has 0 saturated carbocycles. The van der Waals surface area contributed by atoms with Crippen LogP contribution in [0.5, 0.6) is 0 Å². The number of hydrogen-bond acceptors (Lipinski definition) is 5. The Balaban J connectivity index is 1.39. The molecule has 1 amide bonds. The minimum Gasteiger partial charge on any atom is -0.355 e. The summed E-state index contributed by atoms with van der Waals surface area (Å²) in [6, 6.07) is 15.7. The quantitative estimate of drug-likeness (QED) is 0.744. The van der Waals surface area contributed by atoms with Crippen molar-refractivity contribution in [2.24, 2.45) is 0 Å². The second kappa shape index (κ2) is 7.66. The van der Waals surface area contributed by atoms with E-state index >= 15 is 0 Å². The first-order chi connectivity index (χ1) is 12.8. The smallest absolute Gasteiger partial charge is 0.229 e. The topological polar surface area (TPSA) is 58.1 Å². The molecule has 0 unspecified atom stereocenters. The second-order valence-corrected chi connectivity index (χ2v) is 7.38. The molecule has 0 atom stereocenters. The van der Waals surface area contributed by atoms with Gasteiger partial charge in [0, 0.05) is 29.2 Å². The molecule has 5 nitrogen and oxygen atoms in total. The Morgan fingerprint density at radius 3 is 2.50 bits per heavy atom. The monoisotopic (exact) mass is 364 g/mol. The first kappa shape index (κ1) is 16.7. The van der Waals surface area contributed by atoms with Crippen LogP contribution in [0.2, 0.25) is 0 Å². The van der Waals surface area contributed by atoms with Crippen LogP contribution in [-0.2, 0) is 11.2 Å². The molecular formula is C20H20N4OS. The summed E-state index contributed by atoms with van der Waals surface area (Å²) in [4.78, 5) is 15.4. The lowest BCUT2D eigenvalue weighted by Crippen LogP contribution is -2.19. The van der Waals surface area contributed by atoms with Crippen molar-refractivity contribution in [2.75, 3.05) is 23.3 Å². The highest BCUT2D eigenvalue weighted by molar-refractivity contribution is 7.10. The zero-order valence-corrected chi connectivity index (χ0v) is 15.2. The normalized spacial score (nSPS) is 13.8. The number of amides is 1. The number of carbonyl (C=O) groups excluding carboxylic acids is 1. The van der Waals surface area contributed by atoms with Gasteiger partial charge in [-0.2, -0.15) is 0 Å². The number of thiophene rings is 1. The van der Waals surface area contributed by atoms with E-state index in [1.165, 1.54) is 12.8 Å². The fraction of sp³-hybridized carbons (Fsp3) is 0.250. The van der Waals surface area contributed by atoms with Crippen molar-refractivity contribution in [3.8, 4) is 11.3 Å². The molecule has 3 aromatic rings. The van der Waals surface area contributed by atoms with Crippen LogP contribution in [0.4, 0.5) is 11.5 Å². The summed E-state index contributed by atoms with van der Waals surface area (Å²) in [5.74, 6) is 0.943. The number of benzene rings is 1. The zero-order chi connectivity index (χ0) is 17.8. The molecule has 1 aliphatic rings. The van der Waals surface area contributed by atoms with E-state index in [4.69, 9.17) is 0 Å². The number of nitrogens with one attached hydrogen (secondary N) is 1. The molecule has 132 valence electrons. The summed E-state index contributed by atoms with van der Waals surface area (Å²) >= 11 is 1.59. The van der Waals surface area contributed by atoms with E-state index in [1.807, 2.05) is 53.9 Å². The lowest BCUT2D eigenvalue weighted by molar-refractivity contribution is -0.115. The molecule has 1 aliphatic heterocycles. The Bertz CT molecular complexity index is 854. The predicted molar refractivity (Wildman–Crippen MR) is 106 cm³/mol. The minimum atomic E-state index is -0.00467. The van der Waals surface area contributed by atoms with E-state index in [-0.39, 0.29) is 5.91 Å². The molecule has 0 spiro atoms. The van der Waals surface area contributed by atoms with Crippen LogP contribution >= 0.6 is 11.3 Å². The van der Waals surface area contributed by atoms with Gasteiger partial charge in [-0.1, -0.05) is 18.2 Å². The molecule has 0 bridgehead atoms. The van der Waals surface area contributed by atoms with E-state index < -0.39 is 0 Å². The van der Waals surface area contributed by atoms with Crippen molar-refractivity contribution in [3.63, 3.8) is 0 Å². The maximum atomic E-state index is 12.1. The third kappa shape index (κ3) is 3.91. The molecular weight excluding hydrogens is 344 g/mol. The van der Waals surface area contributed by atoms with Crippen molar-refractivity contribution in [1.29, 1.82) is 0 Å². The molecule has 1 N–H and O–H groups in total. The van der Waals surface area contributed by atoms with E-state index in [2.05, 4.69) is 20.4 Å². The fourth-order valence-electron chi connectivity index (χ4n) is 3.09. The van der Waals surface area contributed by atoms with Crippen molar-refractivity contribution >= 4 is 28.7 Å². The van der Waals surface area contributed by atoms with Gasteiger partial charge in [-0.05, 0) is 48.6 Å². The molecule has 0 radical (unpaired) electrons. The van der Waals surface area contributed by atoms with Gasteiger partial charge in [-0.3, -0.25) is 4.79 Å². The third-order valence-electron chi connectivity index (χ3n) is 4.46. The molecule has 4 rings (SSSR count). The maximum Gasteiger partial charge on any atom is 0.229 e. The standard InChI is InChI=1S/C20H20N4OS/c25-20(14-17-4-3-13-26-17)21-16-7-5-15(6-8-16)18-9-10-19(23-22-18)24-11-1-2-12-24/h3-10,13H,1-2,11-12,14H2,(H,21,25). The number of anilines is 2. The summed E-state index contributed by atoms with van der Waals surface area (Å²) in [5, 5.41) is 13.6. The van der Waals surface area contributed by atoms with Crippen LogP contribution in [0.1, 0.15) is 17.7 Å². The van der Waals surface area contributed by atoms with Crippen LogP contribution in [0.25, 0.3) is 11.3 Å². The first-order valence-corrected chi connectivity index (χ1v) is 9.67. The number of rotatable bonds is 5. The molecule has 1 aromatic carbocycles. The Morgan fingerprint density at radius 2 is 1.85 bits per heavy atom. The van der Waals surface area contributed by atoms with Gasteiger partial charge in [0.1, 0.15) is 0 Å². The van der Waals surface area contributed by atoms with Crippen LogP contribution in [-0.4, -0.2) is 29.2 Å². The summed E-state index contributed by atoms with van der Waals surface area (Å²) < 4.78 is 0. The van der Waals surface area contributed by atoms with Gasteiger partial charge in [0.05, 0.1) is 12.1 Å². The second-order valence-electron chi connectivity index (χ2n) is 6.35. The number of nitrogens with zero attached hydrogens (tertiary/aromatic N) is 3. The Kier molecular flexibility index (Phi) is 4.93. The van der Waals surface area contributed by atoms with Gasteiger partial charge in [-0.25, -0.2) is 0 Å². The average molecular weight is 364 g/mol. The highest BCUT2D eigenvalue weighted by Crippen LogP contribution is 2.22. The molecule has 2 aromatic heterocycles. The summed E-state index contributed by atoms with van der Waals surface area (Å²) in [7, 11) is 0. The van der Waals surface area contributed by atoms with E-state index in [9.17, 15) is 4.79 Å². The molecule has 1 saturated heterocycles. The molecule has 6 heteroatoms. The van der Waals surface area contributed by atoms with Crippen LogP contribution < -0.4 is 10.2 Å². The van der Waals surface area contributed by atoms with Crippen molar-refractivity contribution < 1.29 is 4.79 Å². The van der Waals surface area contributed by atoms with Gasteiger partial charge in [0.15, 0.2) is 5.82 Å². The van der Waals surface area contributed by atoms with Crippen LogP contribution in [0, 0.1) is 0 Å². The number of aromatic nitrogens is 2. The lowest BCUT2D eigenvalue weighted by atomic mass is 10.1. The van der Waals surface area contributed by atoms with Crippen molar-refractivity contribution in [1.82, 2.24) is 10.2 Å². The molecule has 3 heterocycles. The number of hydrogen-bond donors (Lipinski definition) is 1. The highest BCUT2D eigenvalue weighted by atomic mass is 32.1. The third-order valence-corrected chi connectivity index (χ3v) is 5.34. The Labute approximate surface area is 156 Å². The minimum absolute atomic E-state index is 0.00467. The van der Waals surface area contributed by atoms with Gasteiger partial charge in [-0.15, -0.1) is 21.5 Å². The van der Waals surface area contributed by atoms with Crippen LogP contribution in [0.15, 0.2) is 53.9 Å². The Hall–Kier alpha value is -2.73. The fourth-order valence-corrected chi connectivity index (χ4v) is 3.80. The van der Waals surface area contributed by atoms with Crippen LogP contribution in [0.3, 0.4) is 0 Å². The van der Waals surface area contributed by atoms with Gasteiger partial charge in [0.25, 0.3) is 0 Å². The lowest BCUT2D eigenvalue weighted by Gasteiger charge is -2.15. The SMILES string of the molecule is O=C(Cc1cccs1)Nc1ccc(-c2ccc(N3CCCC3)nn2)cc1. The summed E-state index contributed by atoms with van der Waals surface area (Å²) in [5.41, 5.74) is 2.61. The highest BCUT2D eigenvalue weighted by Gasteiger charge is 2.14. The molecule has 0 aliphatic carbocycles.